The van der Waals surface area contributed by atoms with Crippen LogP contribution in [0, 0.1) is 12.7 Å². The molecule has 0 unspecified atom stereocenters. The van der Waals surface area contributed by atoms with Gasteiger partial charge in [0.05, 0.1) is 12.2 Å². The van der Waals surface area contributed by atoms with E-state index >= 15 is 0 Å². The summed E-state index contributed by atoms with van der Waals surface area (Å²) in [7, 11) is 3.75. The molecule has 1 aromatic carbocycles. The van der Waals surface area contributed by atoms with Crippen LogP contribution in [0.4, 0.5) is 4.39 Å². The van der Waals surface area contributed by atoms with Crippen molar-refractivity contribution in [2.75, 3.05) is 20.7 Å². The minimum absolute atomic E-state index is 0.235. The molecule has 0 fully saturated rings. The molecule has 3 nitrogen and oxygen atoms in total. The minimum atomic E-state index is -0.235. The average molecular weight is 288 g/mol. The summed E-state index contributed by atoms with van der Waals surface area (Å²) in [5.74, 6) is 0.466. The van der Waals surface area contributed by atoms with E-state index in [-0.39, 0.29) is 5.82 Å². The molecule has 3 rings (SSSR count). The second-order valence-corrected chi connectivity index (χ2v) is 5.05. The summed E-state index contributed by atoms with van der Waals surface area (Å²) in [5.41, 5.74) is 3.36. The van der Waals surface area contributed by atoms with E-state index in [1.165, 1.54) is 6.07 Å². The molecule has 2 aromatic rings. The second-order valence-electron chi connectivity index (χ2n) is 5.05. The summed E-state index contributed by atoms with van der Waals surface area (Å²) in [6, 6.07) is 7.06. The number of hydrogen-bond donors (Lipinski definition) is 1. The van der Waals surface area contributed by atoms with Gasteiger partial charge in [0.25, 0.3) is 0 Å². The van der Waals surface area contributed by atoms with Crippen LogP contribution >= 0.6 is 0 Å². The molecule has 0 saturated carbocycles. The predicted molar refractivity (Wildman–Crippen MR) is 83.2 cm³/mol. The zero-order valence-corrected chi connectivity index (χ0v) is 12.7. The highest BCUT2D eigenvalue weighted by Crippen LogP contribution is 2.38. The maximum atomic E-state index is 14.1. The number of pyridine rings is 1. The van der Waals surface area contributed by atoms with E-state index in [9.17, 15) is 4.39 Å². The lowest BCUT2D eigenvalue weighted by molar-refractivity contribution is 0.288. The minimum Gasteiger partial charge on any atom is -0.493 e. The molecule has 0 aliphatic carbocycles. The van der Waals surface area contributed by atoms with Crippen LogP contribution in [0.3, 0.4) is 0 Å². The number of hydrogen-bond acceptors (Lipinski definition) is 3. The third-order valence-corrected chi connectivity index (χ3v) is 3.21. The van der Waals surface area contributed by atoms with Gasteiger partial charge in [-0.05, 0) is 63.2 Å². The quantitative estimate of drug-likeness (QED) is 0.873. The lowest BCUT2D eigenvalue weighted by Gasteiger charge is -2.21. The van der Waals surface area contributed by atoms with Crippen LogP contribution in [-0.2, 0) is 6.42 Å². The lowest BCUT2D eigenvalue weighted by Crippen LogP contribution is -2.10. The van der Waals surface area contributed by atoms with Crippen molar-refractivity contribution in [1.29, 1.82) is 0 Å². The Morgan fingerprint density at radius 3 is 2.71 bits per heavy atom. The first kappa shape index (κ1) is 15.4. The van der Waals surface area contributed by atoms with Gasteiger partial charge in [-0.25, -0.2) is 4.39 Å². The largest absolute Gasteiger partial charge is 0.493 e. The number of halogens is 1. The van der Waals surface area contributed by atoms with E-state index in [2.05, 4.69) is 10.3 Å². The molecule has 1 aliphatic rings. The van der Waals surface area contributed by atoms with Crippen LogP contribution in [0.1, 0.15) is 17.7 Å². The van der Waals surface area contributed by atoms with Gasteiger partial charge in [0, 0.05) is 11.9 Å². The van der Waals surface area contributed by atoms with Crippen LogP contribution in [-0.4, -0.2) is 25.7 Å². The molecule has 4 heteroatoms. The normalized spacial score (nSPS) is 12.8. The first-order valence-electron chi connectivity index (χ1n) is 7.13. The Balaban J connectivity index is 0.000000497. The third kappa shape index (κ3) is 3.58. The Morgan fingerprint density at radius 2 is 2.00 bits per heavy atom. The van der Waals surface area contributed by atoms with Crippen molar-refractivity contribution in [3.63, 3.8) is 0 Å². The first-order valence-corrected chi connectivity index (χ1v) is 7.13. The molecule has 0 radical (unpaired) electrons. The predicted octanol–water partition coefficient (Wildman–Crippen LogP) is 3.36. The molecule has 0 amide bonds. The third-order valence-electron chi connectivity index (χ3n) is 3.21. The lowest BCUT2D eigenvalue weighted by atomic mass is 9.97. The fourth-order valence-corrected chi connectivity index (χ4v) is 2.37. The van der Waals surface area contributed by atoms with Gasteiger partial charge < -0.3 is 10.1 Å². The maximum Gasteiger partial charge on any atom is 0.134 e. The number of benzene rings is 1. The summed E-state index contributed by atoms with van der Waals surface area (Å²) < 4.78 is 19.8. The van der Waals surface area contributed by atoms with E-state index in [1.807, 2.05) is 39.2 Å². The van der Waals surface area contributed by atoms with E-state index in [0.717, 1.165) is 29.7 Å². The standard InChI is InChI=1S/C15H14FNO.C2H7N/c1-10-9-12(6-7-17-10)14-13(16)5-4-11-3-2-8-18-15(11)14;1-3-2/h4-7,9H,2-3,8H2,1H3;3H,1-2H3. The summed E-state index contributed by atoms with van der Waals surface area (Å²) >= 11 is 0. The van der Waals surface area contributed by atoms with Gasteiger partial charge in [-0.2, -0.15) is 0 Å². The van der Waals surface area contributed by atoms with Crippen molar-refractivity contribution in [2.45, 2.75) is 19.8 Å². The molecule has 112 valence electrons. The van der Waals surface area contributed by atoms with Gasteiger partial charge in [-0.1, -0.05) is 6.07 Å². The highest BCUT2D eigenvalue weighted by atomic mass is 19.1. The number of aryl methyl sites for hydroxylation is 2. The highest BCUT2D eigenvalue weighted by Gasteiger charge is 2.19. The van der Waals surface area contributed by atoms with Crippen LogP contribution in [0.2, 0.25) is 0 Å². The Hall–Kier alpha value is -1.94. The maximum absolute atomic E-state index is 14.1. The van der Waals surface area contributed by atoms with Crippen molar-refractivity contribution in [1.82, 2.24) is 10.3 Å². The fraction of sp³-hybridized carbons (Fsp3) is 0.353. The zero-order valence-electron chi connectivity index (χ0n) is 12.7. The molecule has 0 atom stereocenters. The van der Waals surface area contributed by atoms with Gasteiger partial charge in [0.15, 0.2) is 0 Å². The SMILES string of the molecule is CNC.Cc1cc(-c2c(F)ccc3c2OCCC3)ccn1. The van der Waals surface area contributed by atoms with Crippen LogP contribution in [0.15, 0.2) is 30.5 Å². The monoisotopic (exact) mass is 288 g/mol. The fourth-order valence-electron chi connectivity index (χ4n) is 2.37. The number of nitrogens with one attached hydrogen (secondary N) is 1. The number of nitrogens with zero attached hydrogens (tertiary/aromatic N) is 1. The van der Waals surface area contributed by atoms with Gasteiger partial charge in [0.2, 0.25) is 0 Å². The molecule has 21 heavy (non-hydrogen) atoms. The van der Waals surface area contributed by atoms with Crippen molar-refractivity contribution >= 4 is 0 Å². The second kappa shape index (κ2) is 7.18. The zero-order chi connectivity index (χ0) is 15.2. The van der Waals surface area contributed by atoms with E-state index in [4.69, 9.17) is 4.74 Å². The van der Waals surface area contributed by atoms with Gasteiger partial charge >= 0.3 is 0 Å². The molecule has 2 heterocycles. The van der Waals surface area contributed by atoms with Crippen molar-refractivity contribution in [3.8, 4) is 16.9 Å². The highest BCUT2D eigenvalue weighted by molar-refractivity contribution is 5.73. The van der Waals surface area contributed by atoms with Crippen LogP contribution in [0.25, 0.3) is 11.1 Å². The van der Waals surface area contributed by atoms with Gasteiger partial charge in [-0.3, -0.25) is 4.98 Å². The average Bonchev–Trinajstić information content (AvgIpc) is 2.48. The molecule has 1 aromatic heterocycles. The molecule has 0 saturated heterocycles. The molecule has 0 bridgehead atoms. The van der Waals surface area contributed by atoms with Crippen LogP contribution in [0.5, 0.6) is 5.75 Å². The Morgan fingerprint density at radius 1 is 1.24 bits per heavy atom. The molecule has 1 N–H and O–H groups in total. The topological polar surface area (TPSA) is 34.1 Å². The first-order chi connectivity index (χ1) is 10.2. The van der Waals surface area contributed by atoms with Crippen molar-refractivity contribution in [2.24, 2.45) is 0 Å². The molecular formula is C17H21FN2O. The number of fused-ring (bicyclic) bond motifs is 1. The molecule has 1 aliphatic heterocycles. The van der Waals surface area contributed by atoms with Gasteiger partial charge in [-0.15, -0.1) is 0 Å². The van der Waals surface area contributed by atoms with Crippen molar-refractivity contribution in [3.05, 3.63) is 47.5 Å². The summed E-state index contributed by atoms with van der Waals surface area (Å²) in [6.45, 7) is 2.56. The summed E-state index contributed by atoms with van der Waals surface area (Å²) in [6.07, 6.45) is 3.65. The number of ether oxygens (including phenoxy) is 1. The molecular weight excluding hydrogens is 267 g/mol. The Kier molecular flexibility index (Phi) is 5.28. The Bertz CT molecular complexity index is 614. The Labute approximate surface area is 125 Å². The van der Waals surface area contributed by atoms with Crippen LogP contribution < -0.4 is 10.1 Å². The summed E-state index contributed by atoms with van der Waals surface area (Å²) in [5, 5.41) is 2.75. The van der Waals surface area contributed by atoms with E-state index in [1.54, 1.807) is 6.20 Å². The van der Waals surface area contributed by atoms with Gasteiger partial charge in [0.1, 0.15) is 11.6 Å². The molecule has 0 spiro atoms. The number of rotatable bonds is 1. The van der Waals surface area contributed by atoms with Crippen molar-refractivity contribution < 1.29 is 9.13 Å². The smallest absolute Gasteiger partial charge is 0.134 e. The van der Waals surface area contributed by atoms with E-state index in [0.29, 0.717) is 17.9 Å². The number of aromatic nitrogens is 1. The van der Waals surface area contributed by atoms with E-state index < -0.39 is 0 Å². The summed E-state index contributed by atoms with van der Waals surface area (Å²) in [4.78, 5) is 4.14.